The topological polar surface area (TPSA) is 64.6 Å². The van der Waals surface area contributed by atoms with Gasteiger partial charge in [0.15, 0.2) is 0 Å². The third-order valence-corrected chi connectivity index (χ3v) is 3.30. The summed E-state index contributed by atoms with van der Waals surface area (Å²) < 4.78 is 12.9. The fourth-order valence-electron chi connectivity index (χ4n) is 2.36. The zero-order chi connectivity index (χ0) is 14.8. The summed E-state index contributed by atoms with van der Waals surface area (Å²) in [5.74, 6) is 0.465. The Kier molecular flexibility index (Phi) is 3.39. The number of benzene rings is 1. The molecule has 0 fully saturated rings. The molecule has 2 heterocycles. The molecule has 2 aromatic heterocycles. The summed E-state index contributed by atoms with van der Waals surface area (Å²) >= 11 is 0. The second kappa shape index (κ2) is 5.36. The Balaban J connectivity index is 1.93. The first-order chi connectivity index (χ1) is 10.2. The molecule has 5 heteroatoms. The maximum Gasteiger partial charge on any atom is 0.338 e. The van der Waals surface area contributed by atoms with Gasteiger partial charge in [0.1, 0.15) is 17.8 Å². The first-order valence-electron chi connectivity index (χ1n) is 6.70. The molecule has 0 radical (unpaired) electrons. The molecule has 0 atom stereocenters. The summed E-state index contributed by atoms with van der Waals surface area (Å²) in [7, 11) is 0. The van der Waals surface area contributed by atoms with E-state index >= 15 is 0 Å². The summed E-state index contributed by atoms with van der Waals surface area (Å²) in [6.45, 7) is 3.04. The predicted molar refractivity (Wildman–Crippen MR) is 77.9 cm³/mol. The highest BCUT2D eigenvalue weighted by atomic mass is 16.5. The van der Waals surface area contributed by atoms with E-state index in [2.05, 4.69) is 0 Å². The number of aromatic nitrogens is 1. The smallest absolute Gasteiger partial charge is 0.338 e. The van der Waals surface area contributed by atoms with E-state index in [9.17, 15) is 4.79 Å². The Bertz CT molecular complexity index is 785. The number of aromatic carboxylic acids is 1. The monoisotopic (exact) mass is 285 g/mol. The minimum absolute atomic E-state index is 0.163. The first kappa shape index (κ1) is 13.3. The molecular weight excluding hydrogens is 270 g/mol. The highest BCUT2D eigenvalue weighted by molar-refractivity contribution is 5.87. The summed E-state index contributed by atoms with van der Waals surface area (Å²) in [5.41, 5.74) is 1.19. The van der Waals surface area contributed by atoms with Crippen molar-refractivity contribution in [3.05, 3.63) is 54.1 Å². The van der Waals surface area contributed by atoms with Gasteiger partial charge in [0.25, 0.3) is 0 Å². The van der Waals surface area contributed by atoms with Crippen LogP contribution in [0.4, 0.5) is 0 Å². The first-order valence-corrected chi connectivity index (χ1v) is 6.70. The SMILES string of the molecule is CCOc1cccc2c1ccn2Cc1cc(C(=O)O)co1. The molecule has 108 valence electrons. The van der Waals surface area contributed by atoms with Gasteiger partial charge in [-0.25, -0.2) is 4.79 Å². The predicted octanol–water partition coefficient (Wildman–Crippen LogP) is 3.38. The summed E-state index contributed by atoms with van der Waals surface area (Å²) in [6.07, 6.45) is 3.20. The van der Waals surface area contributed by atoms with Crippen LogP contribution in [0, 0.1) is 0 Å². The number of carboxylic acid groups (broad SMARTS) is 1. The van der Waals surface area contributed by atoms with E-state index in [1.54, 1.807) is 6.07 Å². The van der Waals surface area contributed by atoms with E-state index in [0.717, 1.165) is 16.7 Å². The Morgan fingerprint density at radius 2 is 2.24 bits per heavy atom. The molecule has 1 N–H and O–H groups in total. The summed E-state index contributed by atoms with van der Waals surface area (Å²) in [4.78, 5) is 10.9. The minimum atomic E-state index is -0.985. The normalized spacial score (nSPS) is 10.9. The van der Waals surface area contributed by atoms with Crippen LogP contribution in [0.1, 0.15) is 23.0 Å². The number of fused-ring (bicyclic) bond motifs is 1. The molecule has 0 saturated carbocycles. The maximum absolute atomic E-state index is 10.9. The van der Waals surface area contributed by atoms with E-state index in [-0.39, 0.29) is 5.56 Å². The molecule has 3 aromatic rings. The van der Waals surface area contributed by atoms with Crippen molar-refractivity contribution in [2.24, 2.45) is 0 Å². The van der Waals surface area contributed by atoms with Crippen molar-refractivity contribution in [1.29, 1.82) is 0 Å². The Hall–Kier alpha value is -2.69. The van der Waals surface area contributed by atoms with Gasteiger partial charge >= 0.3 is 5.97 Å². The molecule has 0 aliphatic carbocycles. The molecule has 3 rings (SSSR count). The van der Waals surface area contributed by atoms with Crippen LogP contribution in [-0.4, -0.2) is 22.2 Å². The van der Waals surface area contributed by atoms with Crippen molar-refractivity contribution in [3.63, 3.8) is 0 Å². The van der Waals surface area contributed by atoms with Gasteiger partial charge in [-0.3, -0.25) is 0 Å². The fourth-order valence-corrected chi connectivity index (χ4v) is 2.36. The van der Waals surface area contributed by atoms with Gasteiger partial charge < -0.3 is 18.8 Å². The van der Waals surface area contributed by atoms with Gasteiger partial charge in [-0.05, 0) is 31.2 Å². The third kappa shape index (κ3) is 2.50. The van der Waals surface area contributed by atoms with Gasteiger partial charge in [0.2, 0.25) is 0 Å². The lowest BCUT2D eigenvalue weighted by atomic mass is 10.2. The van der Waals surface area contributed by atoms with E-state index in [0.29, 0.717) is 18.9 Å². The average molecular weight is 285 g/mol. The molecule has 1 aromatic carbocycles. The number of hydrogen-bond donors (Lipinski definition) is 1. The van der Waals surface area contributed by atoms with Crippen LogP contribution in [-0.2, 0) is 6.54 Å². The van der Waals surface area contributed by atoms with Crippen LogP contribution in [0.3, 0.4) is 0 Å². The number of rotatable bonds is 5. The second-order valence-electron chi connectivity index (χ2n) is 4.67. The highest BCUT2D eigenvalue weighted by Crippen LogP contribution is 2.27. The molecule has 0 amide bonds. The van der Waals surface area contributed by atoms with E-state index in [1.807, 2.05) is 42.0 Å². The fraction of sp³-hybridized carbons (Fsp3) is 0.188. The zero-order valence-corrected chi connectivity index (χ0v) is 11.6. The molecular formula is C16H15NO4. The largest absolute Gasteiger partial charge is 0.493 e. The number of furan rings is 1. The average Bonchev–Trinajstić information content (AvgIpc) is 3.08. The second-order valence-corrected chi connectivity index (χ2v) is 4.67. The van der Waals surface area contributed by atoms with E-state index in [1.165, 1.54) is 6.26 Å². The van der Waals surface area contributed by atoms with Crippen LogP contribution < -0.4 is 4.74 Å². The lowest BCUT2D eigenvalue weighted by molar-refractivity contribution is 0.0696. The Labute approximate surface area is 121 Å². The number of carbonyl (C=O) groups is 1. The molecule has 0 aliphatic rings. The molecule has 0 unspecified atom stereocenters. The third-order valence-electron chi connectivity index (χ3n) is 3.30. The van der Waals surface area contributed by atoms with Crippen molar-refractivity contribution in [2.75, 3.05) is 6.61 Å². The van der Waals surface area contributed by atoms with Crippen LogP contribution in [0.25, 0.3) is 10.9 Å². The van der Waals surface area contributed by atoms with Crippen molar-refractivity contribution in [3.8, 4) is 5.75 Å². The molecule has 21 heavy (non-hydrogen) atoms. The Morgan fingerprint density at radius 1 is 1.38 bits per heavy atom. The van der Waals surface area contributed by atoms with Crippen molar-refractivity contribution >= 4 is 16.9 Å². The highest BCUT2D eigenvalue weighted by Gasteiger charge is 2.11. The minimum Gasteiger partial charge on any atom is -0.493 e. The van der Waals surface area contributed by atoms with Gasteiger partial charge in [-0.15, -0.1) is 0 Å². The number of hydrogen-bond acceptors (Lipinski definition) is 3. The number of carboxylic acids is 1. The van der Waals surface area contributed by atoms with Crippen LogP contribution in [0.5, 0.6) is 5.75 Å². The van der Waals surface area contributed by atoms with E-state index < -0.39 is 5.97 Å². The van der Waals surface area contributed by atoms with Crippen LogP contribution in [0.2, 0.25) is 0 Å². The molecule has 0 spiro atoms. The lowest BCUT2D eigenvalue weighted by Gasteiger charge is -2.06. The van der Waals surface area contributed by atoms with Crippen LogP contribution >= 0.6 is 0 Å². The molecule has 0 saturated heterocycles. The van der Waals surface area contributed by atoms with Gasteiger partial charge in [0, 0.05) is 11.6 Å². The van der Waals surface area contributed by atoms with Gasteiger partial charge in [0.05, 0.1) is 24.2 Å². The maximum atomic E-state index is 10.9. The lowest BCUT2D eigenvalue weighted by Crippen LogP contribution is -1.97. The summed E-state index contributed by atoms with van der Waals surface area (Å²) in [5, 5.41) is 9.94. The standard InChI is InChI=1S/C16H15NO4/c1-2-20-15-5-3-4-14-13(15)6-7-17(14)9-12-8-11(10-21-12)16(18)19/h3-8,10H,2,9H2,1H3,(H,18,19). The van der Waals surface area contributed by atoms with Gasteiger partial charge in [-0.2, -0.15) is 0 Å². The Morgan fingerprint density at radius 3 is 2.95 bits per heavy atom. The van der Waals surface area contributed by atoms with Crippen molar-refractivity contribution in [1.82, 2.24) is 4.57 Å². The number of nitrogens with zero attached hydrogens (tertiary/aromatic N) is 1. The van der Waals surface area contributed by atoms with E-state index in [4.69, 9.17) is 14.3 Å². The molecule has 0 aliphatic heterocycles. The summed E-state index contributed by atoms with van der Waals surface area (Å²) in [6, 6.07) is 9.40. The number of ether oxygens (including phenoxy) is 1. The molecule has 5 nitrogen and oxygen atoms in total. The van der Waals surface area contributed by atoms with Crippen LogP contribution in [0.15, 0.2) is 47.2 Å². The molecule has 0 bridgehead atoms. The van der Waals surface area contributed by atoms with Gasteiger partial charge in [-0.1, -0.05) is 6.07 Å². The van der Waals surface area contributed by atoms with Crippen molar-refractivity contribution in [2.45, 2.75) is 13.5 Å². The quantitative estimate of drug-likeness (QED) is 0.780. The van der Waals surface area contributed by atoms with Crippen molar-refractivity contribution < 1.29 is 19.1 Å². The zero-order valence-electron chi connectivity index (χ0n) is 11.6.